The summed E-state index contributed by atoms with van der Waals surface area (Å²) in [6, 6.07) is 0.215. The van der Waals surface area contributed by atoms with Crippen LogP contribution in [0.25, 0.3) is 0 Å². The zero-order valence-corrected chi connectivity index (χ0v) is 5.13. The predicted octanol–water partition coefficient (Wildman–Crippen LogP) is -0.0485. The Morgan fingerprint density at radius 1 is 1.86 bits per heavy atom. The third kappa shape index (κ3) is 6.36. The molecule has 0 spiro atoms. The van der Waals surface area contributed by atoms with Crippen LogP contribution in [0.15, 0.2) is 0 Å². The van der Waals surface area contributed by atoms with Gasteiger partial charge in [0.2, 0.25) is 0 Å². The monoisotopic (exact) mass is 143 g/mol. The van der Waals surface area contributed by atoms with Crippen molar-refractivity contribution in [2.45, 2.75) is 0 Å². The lowest BCUT2D eigenvalue weighted by atomic mass is 11.2. The van der Waals surface area contributed by atoms with Crippen LogP contribution in [-0.2, 0) is 11.1 Å². The van der Waals surface area contributed by atoms with Crippen molar-refractivity contribution >= 4 is 22.7 Å². The number of nitrogens with one attached hydrogen (secondary N) is 1. The molecule has 5 heteroatoms. The van der Waals surface area contributed by atoms with E-state index >= 15 is 0 Å². The predicted molar refractivity (Wildman–Crippen MR) is 29.5 cm³/mol. The maximum absolute atomic E-state index is 9.75. The van der Waals surface area contributed by atoms with Crippen molar-refractivity contribution in [1.82, 2.24) is 5.32 Å². The van der Waals surface area contributed by atoms with E-state index in [4.69, 9.17) is 16.2 Å². The van der Waals surface area contributed by atoms with E-state index in [0.717, 1.165) is 0 Å². The molecule has 0 aliphatic carbocycles. The van der Waals surface area contributed by atoms with Gasteiger partial charge in [0.1, 0.15) is 0 Å². The van der Waals surface area contributed by atoms with Crippen LogP contribution in [0.4, 0.5) is 0 Å². The first-order valence-electron chi connectivity index (χ1n) is 1.61. The third-order valence-electron chi connectivity index (χ3n) is 0.320. The van der Waals surface area contributed by atoms with Crippen molar-refractivity contribution in [3.05, 3.63) is 0 Å². The molecule has 0 saturated heterocycles. The molecule has 44 valence electrons. The molecule has 7 heavy (non-hydrogen) atoms. The molecule has 1 unspecified atom stereocenters. The Morgan fingerprint density at radius 2 is 2.43 bits per heavy atom. The van der Waals surface area contributed by atoms with Crippen LogP contribution in [0, 0.1) is 0 Å². The van der Waals surface area contributed by atoms with Crippen LogP contribution in [0.3, 0.4) is 0 Å². The summed E-state index contributed by atoms with van der Waals surface area (Å²) in [4.78, 5) is 0. The van der Waals surface area contributed by atoms with Crippen LogP contribution in [0.2, 0.25) is 0 Å². The topological polar surface area (TPSA) is 49.3 Å². The van der Waals surface area contributed by atoms with E-state index in [1.54, 1.807) is 0 Å². The van der Waals surface area contributed by atoms with Gasteiger partial charge in [0.15, 0.2) is 11.1 Å². The SMILES string of the molecule is O=S(O)CNCCl. The average Bonchev–Trinajstić information content (AvgIpc) is 1.61. The zero-order valence-electron chi connectivity index (χ0n) is 3.56. The highest BCUT2D eigenvalue weighted by Crippen LogP contribution is 1.68. The summed E-state index contributed by atoms with van der Waals surface area (Å²) >= 11 is 3.33. The van der Waals surface area contributed by atoms with E-state index in [0.29, 0.717) is 0 Å². The molecule has 0 radical (unpaired) electrons. The second-order valence-electron chi connectivity index (χ2n) is 0.849. The van der Waals surface area contributed by atoms with Crippen LogP contribution in [0.5, 0.6) is 0 Å². The van der Waals surface area contributed by atoms with E-state index in [-0.39, 0.29) is 11.9 Å². The lowest BCUT2D eigenvalue weighted by Crippen LogP contribution is -2.16. The first-order chi connectivity index (χ1) is 3.27. The molecule has 0 amide bonds. The molecule has 0 aromatic carbocycles. The second-order valence-corrected chi connectivity index (χ2v) is 2.05. The molecule has 0 fully saturated rings. The smallest absolute Gasteiger partial charge is 0.167 e. The Balaban J connectivity index is 2.82. The standard InChI is InChI=1S/C2H6ClNO2S/c3-1-4-2-7(5)6/h4H,1-2H2,(H,5,6). The Hall–Kier alpha value is 0.360. The number of hydrogen-bond donors (Lipinski definition) is 2. The number of halogens is 1. The van der Waals surface area contributed by atoms with Gasteiger partial charge >= 0.3 is 0 Å². The van der Waals surface area contributed by atoms with E-state index in [9.17, 15) is 4.21 Å². The third-order valence-corrected chi connectivity index (χ3v) is 0.960. The van der Waals surface area contributed by atoms with Gasteiger partial charge in [-0.05, 0) is 0 Å². The molecule has 0 aromatic rings. The van der Waals surface area contributed by atoms with E-state index in [1.807, 2.05) is 0 Å². The summed E-state index contributed by atoms with van der Waals surface area (Å²) in [5, 5.41) is 2.46. The minimum atomic E-state index is -1.76. The molecule has 0 heterocycles. The van der Waals surface area contributed by atoms with Gasteiger partial charge in [-0.15, -0.1) is 11.6 Å². The number of alkyl halides is 1. The molecule has 0 bridgehead atoms. The summed E-state index contributed by atoms with van der Waals surface area (Å²) in [6.45, 7) is 0. The van der Waals surface area contributed by atoms with Gasteiger partial charge in [-0.2, -0.15) is 0 Å². The van der Waals surface area contributed by atoms with Crippen molar-refractivity contribution in [1.29, 1.82) is 0 Å². The van der Waals surface area contributed by atoms with Crippen LogP contribution >= 0.6 is 11.6 Å². The van der Waals surface area contributed by atoms with Gasteiger partial charge in [0.25, 0.3) is 0 Å². The quantitative estimate of drug-likeness (QED) is 0.331. The van der Waals surface area contributed by atoms with Crippen molar-refractivity contribution in [3.63, 3.8) is 0 Å². The summed E-state index contributed by atoms with van der Waals surface area (Å²) in [7, 11) is 0. The van der Waals surface area contributed by atoms with Gasteiger partial charge in [0.05, 0.1) is 11.9 Å². The lowest BCUT2D eigenvalue weighted by Gasteiger charge is -1.90. The van der Waals surface area contributed by atoms with Crippen LogP contribution in [0.1, 0.15) is 0 Å². The first kappa shape index (κ1) is 7.36. The van der Waals surface area contributed by atoms with Gasteiger partial charge < -0.3 is 4.55 Å². The highest BCUT2D eigenvalue weighted by molar-refractivity contribution is 7.79. The molecule has 0 aliphatic rings. The van der Waals surface area contributed by atoms with Gasteiger partial charge in [-0.1, -0.05) is 0 Å². The fourth-order valence-electron chi connectivity index (χ4n) is 0.126. The molecule has 0 aromatic heterocycles. The summed E-state index contributed by atoms with van der Waals surface area (Å²) < 4.78 is 17.8. The Bertz CT molecular complexity index is 68.7. The Kier molecular flexibility index (Phi) is 4.75. The van der Waals surface area contributed by atoms with Gasteiger partial charge in [-0.3, -0.25) is 5.32 Å². The van der Waals surface area contributed by atoms with E-state index < -0.39 is 11.1 Å². The highest BCUT2D eigenvalue weighted by atomic mass is 35.5. The summed E-state index contributed by atoms with van der Waals surface area (Å²) in [5.41, 5.74) is 0. The Labute approximate surface area is 49.3 Å². The highest BCUT2D eigenvalue weighted by Gasteiger charge is 1.86. The molecule has 2 N–H and O–H groups in total. The maximum Gasteiger partial charge on any atom is 0.167 e. The fourth-order valence-corrected chi connectivity index (χ4v) is 0.609. The zero-order chi connectivity index (χ0) is 5.70. The minimum Gasteiger partial charge on any atom is -0.305 e. The first-order valence-corrected chi connectivity index (χ1v) is 3.42. The molecule has 1 atom stereocenters. The van der Waals surface area contributed by atoms with Crippen LogP contribution < -0.4 is 5.32 Å². The minimum absolute atomic E-state index is 0.0451. The summed E-state index contributed by atoms with van der Waals surface area (Å²) in [6.07, 6.45) is 0. The van der Waals surface area contributed by atoms with Crippen molar-refractivity contribution < 1.29 is 8.76 Å². The summed E-state index contributed by atoms with van der Waals surface area (Å²) in [5.74, 6) is 0.0451. The number of rotatable bonds is 3. The van der Waals surface area contributed by atoms with Crippen molar-refractivity contribution in [2.24, 2.45) is 0 Å². The molecule has 3 nitrogen and oxygen atoms in total. The molecular weight excluding hydrogens is 138 g/mol. The van der Waals surface area contributed by atoms with Crippen LogP contribution in [-0.4, -0.2) is 20.6 Å². The largest absolute Gasteiger partial charge is 0.305 e. The normalized spacial score (nSPS) is 14.0. The van der Waals surface area contributed by atoms with E-state index in [1.165, 1.54) is 0 Å². The maximum atomic E-state index is 9.75. The van der Waals surface area contributed by atoms with Crippen molar-refractivity contribution in [2.75, 3.05) is 11.9 Å². The molecule has 0 aliphatic heterocycles. The molecule has 0 saturated carbocycles. The second kappa shape index (κ2) is 4.52. The van der Waals surface area contributed by atoms with Gasteiger partial charge in [-0.25, -0.2) is 4.21 Å². The van der Waals surface area contributed by atoms with E-state index in [2.05, 4.69) is 5.32 Å². The van der Waals surface area contributed by atoms with Crippen molar-refractivity contribution in [3.8, 4) is 0 Å². The number of hydrogen-bond acceptors (Lipinski definition) is 2. The Morgan fingerprint density at radius 3 is 2.57 bits per heavy atom. The molecule has 0 rings (SSSR count). The lowest BCUT2D eigenvalue weighted by molar-refractivity contribution is 0.559. The van der Waals surface area contributed by atoms with Gasteiger partial charge in [0, 0.05) is 0 Å². The molecular formula is C2H6ClNO2S. The fraction of sp³-hybridized carbons (Fsp3) is 1.00. The average molecular weight is 144 g/mol.